The molecular weight excluding hydrogens is 268 g/mol. The topological polar surface area (TPSA) is 61.3 Å². The predicted molar refractivity (Wildman–Crippen MR) is 78.8 cm³/mol. The molecule has 0 aliphatic carbocycles. The molecule has 110 valence electrons. The van der Waals surface area contributed by atoms with Crippen molar-refractivity contribution in [3.63, 3.8) is 0 Å². The minimum Gasteiger partial charge on any atom is -0.491 e. The molecule has 0 spiro atoms. The molecule has 2 rings (SSSR count). The van der Waals surface area contributed by atoms with E-state index in [0.717, 1.165) is 0 Å². The molecule has 0 radical (unpaired) electrons. The van der Waals surface area contributed by atoms with Gasteiger partial charge in [0.05, 0.1) is 25.3 Å². The molecule has 0 saturated carbocycles. The first-order chi connectivity index (χ1) is 10.1. The summed E-state index contributed by atoms with van der Waals surface area (Å²) in [6.07, 6.45) is 1.66. The maximum Gasteiger partial charge on any atom is 0.216 e. The third-order valence-corrected chi connectivity index (χ3v) is 2.78. The van der Waals surface area contributed by atoms with Gasteiger partial charge in [0.25, 0.3) is 0 Å². The van der Waals surface area contributed by atoms with Gasteiger partial charge in [-0.15, -0.1) is 0 Å². The quantitative estimate of drug-likeness (QED) is 0.764. The number of ether oxygens (including phenoxy) is 2. The van der Waals surface area contributed by atoms with Gasteiger partial charge in [-0.25, -0.2) is 9.97 Å². The van der Waals surface area contributed by atoms with Crippen LogP contribution in [0.1, 0.15) is 29.9 Å². The predicted octanol–water partition coefficient (Wildman–Crippen LogP) is 2.70. The number of hydrogen-bond donors (Lipinski definition) is 0. The summed E-state index contributed by atoms with van der Waals surface area (Å²) in [6, 6.07) is 8.83. The zero-order chi connectivity index (χ0) is 15.2. The van der Waals surface area contributed by atoms with E-state index < -0.39 is 0 Å². The zero-order valence-electron chi connectivity index (χ0n) is 12.4. The second-order valence-electron chi connectivity index (χ2n) is 4.85. The van der Waals surface area contributed by atoms with Crippen LogP contribution in [0.3, 0.4) is 0 Å². The molecule has 2 aromatic rings. The molecule has 5 nitrogen and oxygen atoms in total. The Hall–Kier alpha value is -2.43. The summed E-state index contributed by atoms with van der Waals surface area (Å²) in [5, 5.41) is 0. The normalized spacial score (nSPS) is 10.5. The van der Waals surface area contributed by atoms with E-state index in [1.165, 1.54) is 13.4 Å². The average Bonchev–Trinajstić information content (AvgIpc) is 2.47. The highest BCUT2D eigenvalue weighted by Crippen LogP contribution is 2.17. The maximum absolute atomic E-state index is 12.3. The number of nitrogens with zero attached hydrogens (tertiary/aromatic N) is 2. The monoisotopic (exact) mass is 286 g/mol. The summed E-state index contributed by atoms with van der Waals surface area (Å²) in [7, 11) is 1.53. The van der Waals surface area contributed by atoms with Gasteiger partial charge in [-0.3, -0.25) is 4.79 Å². The number of rotatable bonds is 6. The number of methoxy groups -OCH3 is 1. The molecule has 0 atom stereocenters. The fourth-order valence-corrected chi connectivity index (χ4v) is 1.87. The largest absolute Gasteiger partial charge is 0.491 e. The van der Waals surface area contributed by atoms with Gasteiger partial charge in [0.15, 0.2) is 5.78 Å². The van der Waals surface area contributed by atoms with Crippen molar-refractivity contribution in [3.05, 3.63) is 47.9 Å². The fraction of sp³-hybridized carbons (Fsp3) is 0.312. The van der Waals surface area contributed by atoms with Crippen LogP contribution in [0.4, 0.5) is 0 Å². The van der Waals surface area contributed by atoms with Crippen molar-refractivity contribution < 1.29 is 14.3 Å². The molecule has 0 amide bonds. The Morgan fingerprint density at radius 2 is 2.05 bits per heavy atom. The average molecular weight is 286 g/mol. The highest BCUT2D eigenvalue weighted by atomic mass is 16.5. The molecule has 0 saturated heterocycles. The van der Waals surface area contributed by atoms with Crippen LogP contribution in [0.2, 0.25) is 0 Å². The fourth-order valence-electron chi connectivity index (χ4n) is 1.87. The van der Waals surface area contributed by atoms with Crippen molar-refractivity contribution in [1.29, 1.82) is 0 Å². The van der Waals surface area contributed by atoms with Gasteiger partial charge in [0, 0.05) is 11.6 Å². The number of carbonyl (C=O) groups excluding carboxylic acids is 1. The standard InChI is InChI=1S/C16H18N2O3/c1-11(2)21-14-6-4-5-12(7-14)15(19)8-13-9-16(20-3)18-10-17-13/h4-7,9-11H,8H2,1-3H3. The van der Waals surface area contributed by atoms with Crippen LogP contribution >= 0.6 is 0 Å². The van der Waals surface area contributed by atoms with Gasteiger partial charge in [0.2, 0.25) is 5.88 Å². The van der Waals surface area contributed by atoms with Crippen LogP contribution in [-0.4, -0.2) is 29.0 Å². The van der Waals surface area contributed by atoms with Crippen LogP contribution in [0.25, 0.3) is 0 Å². The lowest BCUT2D eigenvalue weighted by Gasteiger charge is -2.10. The van der Waals surface area contributed by atoms with Gasteiger partial charge in [-0.1, -0.05) is 12.1 Å². The molecule has 0 N–H and O–H groups in total. The van der Waals surface area contributed by atoms with E-state index in [0.29, 0.717) is 22.9 Å². The molecule has 1 aromatic heterocycles. The van der Waals surface area contributed by atoms with Crippen molar-refractivity contribution in [1.82, 2.24) is 9.97 Å². The molecule has 0 aliphatic rings. The summed E-state index contributed by atoms with van der Waals surface area (Å²) >= 11 is 0. The smallest absolute Gasteiger partial charge is 0.216 e. The van der Waals surface area contributed by atoms with Crippen molar-refractivity contribution in [2.45, 2.75) is 26.4 Å². The molecule has 0 unspecified atom stereocenters. The molecule has 0 aliphatic heterocycles. The third kappa shape index (κ3) is 4.27. The number of aromatic nitrogens is 2. The minimum atomic E-state index is -0.0232. The van der Waals surface area contributed by atoms with E-state index in [2.05, 4.69) is 9.97 Å². The van der Waals surface area contributed by atoms with E-state index in [9.17, 15) is 4.79 Å². The first-order valence-corrected chi connectivity index (χ1v) is 6.73. The Labute approximate surface area is 124 Å². The number of hydrogen-bond acceptors (Lipinski definition) is 5. The molecule has 5 heteroatoms. The maximum atomic E-state index is 12.3. The Balaban J connectivity index is 2.12. The Bertz CT molecular complexity index is 626. The highest BCUT2D eigenvalue weighted by Gasteiger charge is 2.10. The van der Waals surface area contributed by atoms with E-state index in [1.54, 1.807) is 18.2 Å². The number of benzene rings is 1. The number of carbonyl (C=O) groups is 1. The van der Waals surface area contributed by atoms with Gasteiger partial charge in [-0.05, 0) is 26.0 Å². The van der Waals surface area contributed by atoms with E-state index >= 15 is 0 Å². The second kappa shape index (κ2) is 6.83. The van der Waals surface area contributed by atoms with Gasteiger partial charge >= 0.3 is 0 Å². The van der Waals surface area contributed by atoms with E-state index in [1.807, 2.05) is 26.0 Å². The van der Waals surface area contributed by atoms with Crippen molar-refractivity contribution in [2.75, 3.05) is 7.11 Å². The molecule has 21 heavy (non-hydrogen) atoms. The van der Waals surface area contributed by atoms with Crippen molar-refractivity contribution in [3.8, 4) is 11.6 Å². The van der Waals surface area contributed by atoms with Crippen molar-refractivity contribution in [2.24, 2.45) is 0 Å². The summed E-state index contributed by atoms with van der Waals surface area (Å²) in [6.45, 7) is 3.89. The van der Waals surface area contributed by atoms with Crippen LogP contribution in [0.5, 0.6) is 11.6 Å². The minimum absolute atomic E-state index is 0.0232. The van der Waals surface area contributed by atoms with E-state index in [4.69, 9.17) is 9.47 Å². The SMILES string of the molecule is COc1cc(CC(=O)c2cccc(OC(C)C)c2)ncn1. The lowest BCUT2D eigenvalue weighted by molar-refractivity contribution is 0.0991. The Morgan fingerprint density at radius 3 is 2.76 bits per heavy atom. The second-order valence-corrected chi connectivity index (χ2v) is 4.85. The van der Waals surface area contributed by atoms with Crippen LogP contribution < -0.4 is 9.47 Å². The Morgan fingerprint density at radius 1 is 1.24 bits per heavy atom. The third-order valence-electron chi connectivity index (χ3n) is 2.78. The first kappa shape index (κ1) is 15.0. The summed E-state index contributed by atoms with van der Waals surface area (Å²) < 4.78 is 10.6. The Kier molecular flexibility index (Phi) is 4.87. The van der Waals surface area contributed by atoms with Gasteiger partial charge in [-0.2, -0.15) is 0 Å². The number of ketones is 1. The van der Waals surface area contributed by atoms with Crippen LogP contribution in [0.15, 0.2) is 36.7 Å². The highest BCUT2D eigenvalue weighted by molar-refractivity contribution is 5.97. The molecule has 1 heterocycles. The molecule has 0 bridgehead atoms. The molecule has 1 aromatic carbocycles. The first-order valence-electron chi connectivity index (χ1n) is 6.73. The molecule has 0 fully saturated rings. The zero-order valence-corrected chi connectivity index (χ0v) is 12.4. The van der Waals surface area contributed by atoms with Crippen LogP contribution in [-0.2, 0) is 6.42 Å². The molecular formula is C16H18N2O3. The van der Waals surface area contributed by atoms with Gasteiger partial charge < -0.3 is 9.47 Å². The van der Waals surface area contributed by atoms with Gasteiger partial charge in [0.1, 0.15) is 12.1 Å². The number of Topliss-reactive ketones (excluding diaryl/α,β-unsaturated/α-hetero) is 1. The summed E-state index contributed by atoms with van der Waals surface area (Å²) in [5.41, 5.74) is 1.23. The van der Waals surface area contributed by atoms with Crippen LogP contribution in [0, 0.1) is 0 Å². The summed E-state index contributed by atoms with van der Waals surface area (Å²) in [5.74, 6) is 1.12. The summed E-state index contributed by atoms with van der Waals surface area (Å²) in [4.78, 5) is 20.3. The van der Waals surface area contributed by atoms with E-state index in [-0.39, 0.29) is 18.3 Å². The van der Waals surface area contributed by atoms with Crippen molar-refractivity contribution >= 4 is 5.78 Å². The lowest BCUT2D eigenvalue weighted by Crippen LogP contribution is -2.08. The lowest BCUT2D eigenvalue weighted by atomic mass is 10.1.